The topological polar surface area (TPSA) is 94.8 Å². The van der Waals surface area contributed by atoms with Gasteiger partial charge in [0.25, 0.3) is 0 Å². The van der Waals surface area contributed by atoms with Crippen molar-refractivity contribution in [3.63, 3.8) is 0 Å². The molecule has 194 valence electrons. The molecule has 3 N–H and O–H groups in total. The number of aliphatic hydroxyl groups is 2. The van der Waals surface area contributed by atoms with Crippen LogP contribution in [0.3, 0.4) is 0 Å². The number of aliphatic carboxylic acids is 1. The highest BCUT2D eigenvalue weighted by Crippen LogP contribution is 2.71. The number of fused-ring (bicyclic) bond motifs is 5. The molecule has 1 unspecified atom stereocenters. The van der Waals surface area contributed by atoms with Gasteiger partial charge in [0.05, 0.1) is 17.6 Å². The molecule has 4 rings (SSSR count). The standard InChI is InChI=1S/C30H44O5/c1-18(17-31)8-7-9-19(2)22-16-25(33)30(6)21-10-11-23-27(3,20(21)12-15-28(22,30)4)14-13-24(32)29(23,5)26(34)35/h8,10,12,17,19,22-25,32-33H,7,9,11,13-16H2,1-6H3,(H,34,35)/t19-,22-,23-,24-,25+,27-,28-,29?,30-/m1/s1. The molecule has 0 aromatic heterocycles. The summed E-state index contributed by atoms with van der Waals surface area (Å²) in [5.74, 6) is -0.330. The Morgan fingerprint density at radius 1 is 1.14 bits per heavy atom. The molecule has 5 heteroatoms. The van der Waals surface area contributed by atoms with Crippen molar-refractivity contribution in [2.45, 2.75) is 98.7 Å². The van der Waals surface area contributed by atoms with Gasteiger partial charge in [0, 0.05) is 5.41 Å². The minimum Gasteiger partial charge on any atom is -0.481 e. The van der Waals surface area contributed by atoms with E-state index < -0.39 is 29.0 Å². The first-order valence-electron chi connectivity index (χ1n) is 13.4. The van der Waals surface area contributed by atoms with Crippen molar-refractivity contribution in [2.75, 3.05) is 0 Å². The summed E-state index contributed by atoms with van der Waals surface area (Å²) in [4.78, 5) is 23.4. The van der Waals surface area contributed by atoms with Crippen LogP contribution in [-0.4, -0.2) is 39.8 Å². The molecule has 0 aromatic rings. The summed E-state index contributed by atoms with van der Waals surface area (Å²) in [5.41, 5.74) is 1.19. The number of carbonyl (C=O) groups excluding carboxylic acids is 1. The van der Waals surface area contributed by atoms with Crippen LogP contribution in [0.15, 0.2) is 34.9 Å². The van der Waals surface area contributed by atoms with Crippen molar-refractivity contribution < 1.29 is 24.9 Å². The first-order chi connectivity index (χ1) is 16.3. The van der Waals surface area contributed by atoms with Gasteiger partial charge in [-0.3, -0.25) is 9.59 Å². The fourth-order valence-electron chi connectivity index (χ4n) is 8.76. The maximum absolute atomic E-state index is 12.4. The number of rotatable bonds is 6. The summed E-state index contributed by atoms with van der Waals surface area (Å²) >= 11 is 0. The van der Waals surface area contributed by atoms with Crippen LogP contribution in [0.25, 0.3) is 0 Å². The van der Waals surface area contributed by atoms with E-state index in [1.807, 2.05) is 13.0 Å². The molecule has 35 heavy (non-hydrogen) atoms. The van der Waals surface area contributed by atoms with Crippen LogP contribution in [-0.2, 0) is 9.59 Å². The highest BCUT2D eigenvalue weighted by molar-refractivity contribution is 5.76. The number of aldehydes is 1. The van der Waals surface area contributed by atoms with Gasteiger partial charge in [0.15, 0.2) is 0 Å². The minimum atomic E-state index is -1.18. The predicted molar refractivity (Wildman–Crippen MR) is 137 cm³/mol. The molecule has 0 saturated heterocycles. The molecule has 0 bridgehead atoms. The molecule has 0 radical (unpaired) electrons. The molecule has 0 amide bonds. The Balaban J connectivity index is 1.71. The van der Waals surface area contributed by atoms with Crippen molar-refractivity contribution >= 4 is 12.3 Å². The highest BCUT2D eigenvalue weighted by atomic mass is 16.4. The molecule has 0 aliphatic heterocycles. The van der Waals surface area contributed by atoms with Crippen LogP contribution in [0, 0.1) is 39.4 Å². The molecule has 4 aliphatic carbocycles. The van der Waals surface area contributed by atoms with E-state index in [4.69, 9.17) is 0 Å². The minimum absolute atomic E-state index is 0.0991. The van der Waals surface area contributed by atoms with Crippen LogP contribution in [0.2, 0.25) is 0 Å². The van der Waals surface area contributed by atoms with Gasteiger partial charge < -0.3 is 15.3 Å². The van der Waals surface area contributed by atoms with Crippen LogP contribution >= 0.6 is 0 Å². The zero-order valence-electron chi connectivity index (χ0n) is 22.3. The summed E-state index contributed by atoms with van der Waals surface area (Å²) in [6.07, 6.45) is 11.5. The van der Waals surface area contributed by atoms with Gasteiger partial charge in [0.2, 0.25) is 0 Å². The monoisotopic (exact) mass is 484 g/mol. The molecule has 9 atom stereocenters. The third-order valence-corrected chi connectivity index (χ3v) is 11.4. The average molecular weight is 485 g/mol. The summed E-state index contributed by atoms with van der Waals surface area (Å²) in [5, 5.41) is 32.5. The molecule has 0 heterocycles. The second-order valence-electron chi connectivity index (χ2n) is 12.9. The lowest BCUT2D eigenvalue weighted by Gasteiger charge is -2.60. The lowest BCUT2D eigenvalue weighted by molar-refractivity contribution is -0.173. The zero-order valence-corrected chi connectivity index (χ0v) is 22.3. The average Bonchev–Trinajstić information content (AvgIpc) is 3.02. The first kappa shape index (κ1) is 26.3. The number of aliphatic hydroxyl groups excluding tert-OH is 2. The van der Waals surface area contributed by atoms with Crippen molar-refractivity contribution in [2.24, 2.45) is 39.4 Å². The molecule has 5 nitrogen and oxygen atoms in total. The Kier molecular flexibility index (Phi) is 6.54. The van der Waals surface area contributed by atoms with Crippen molar-refractivity contribution in [3.05, 3.63) is 34.9 Å². The lowest BCUT2D eigenvalue weighted by Crippen LogP contribution is -2.59. The Morgan fingerprint density at radius 2 is 1.83 bits per heavy atom. The van der Waals surface area contributed by atoms with Crippen molar-refractivity contribution in [3.8, 4) is 0 Å². The maximum atomic E-state index is 12.4. The van der Waals surface area contributed by atoms with Crippen molar-refractivity contribution in [1.29, 1.82) is 0 Å². The summed E-state index contributed by atoms with van der Waals surface area (Å²) in [7, 11) is 0. The van der Waals surface area contributed by atoms with E-state index in [-0.39, 0.29) is 16.7 Å². The largest absolute Gasteiger partial charge is 0.481 e. The van der Waals surface area contributed by atoms with Gasteiger partial charge in [-0.1, -0.05) is 45.9 Å². The van der Waals surface area contributed by atoms with E-state index in [9.17, 15) is 24.9 Å². The predicted octanol–water partition coefficient (Wildman–Crippen LogP) is 5.47. The number of carboxylic acids is 1. The fourth-order valence-corrected chi connectivity index (χ4v) is 8.76. The van der Waals surface area contributed by atoms with E-state index in [2.05, 4.69) is 39.8 Å². The zero-order chi connectivity index (χ0) is 26.0. The second kappa shape index (κ2) is 8.69. The molecule has 0 spiro atoms. The van der Waals surface area contributed by atoms with Gasteiger partial charge in [-0.2, -0.15) is 0 Å². The van der Waals surface area contributed by atoms with Crippen LogP contribution in [0.1, 0.15) is 86.5 Å². The fraction of sp³-hybridized carbons (Fsp3) is 0.733. The number of carboxylic acid groups (broad SMARTS) is 1. The molecular formula is C30H44O5. The van der Waals surface area contributed by atoms with E-state index >= 15 is 0 Å². The van der Waals surface area contributed by atoms with Gasteiger partial charge in [-0.25, -0.2) is 0 Å². The summed E-state index contributed by atoms with van der Waals surface area (Å²) < 4.78 is 0. The smallest absolute Gasteiger partial charge is 0.312 e. The molecule has 0 aromatic carbocycles. The third-order valence-electron chi connectivity index (χ3n) is 11.4. The highest BCUT2D eigenvalue weighted by Gasteiger charge is 2.67. The van der Waals surface area contributed by atoms with Crippen molar-refractivity contribution in [1.82, 2.24) is 0 Å². The van der Waals surface area contributed by atoms with Crippen LogP contribution in [0.5, 0.6) is 0 Å². The number of hydrogen-bond acceptors (Lipinski definition) is 4. The van der Waals surface area contributed by atoms with E-state index in [1.165, 1.54) is 11.1 Å². The summed E-state index contributed by atoms with van der Waals surface area (Å²) in [6.45, 7) is 12.6. The van der Waals surface area contributed by atoms with Crippen LogP contribution < -0.4 is 0 Å². The number of hydrogen-bond donors (Lipinski definition) is 3. The Bertz CT molecular complexity index is 993. The Morgan fingerprint density at radius 3 is 2.46 bits per heavy atom. The first-order valence-corrected chi connectivity index (χ1v) is 13.4. The third kappa shape index (κ3) is 3.48. The molecule has 2 fully saturated rings. The van der Waals surface area contributed by atoms with Gasteiger partial charge >= 0.3 is 5.97 Å². The number of carbonyl (C=O) groups is 2. The van der Waals surface area contributed by atoms with Crippen LogP contribution in [0.4, 0.5) is 0 Å². The van der Waals surface area contributed by atoms with E-state index in [0.717, 1.165) is 44.0 Å². The molecule has 4 aliphatic rings. The lowest BCUT2D eigenvalue weighted by atomic mass is 9.43. The summed E-state index contributed by atoms with van der Waals surface area (Å²) in [6, 6.07) is 0. The van der Waals surface area contributed by atoms with E-state index in [1.54, 1.807) is 6.92 Å². The quantitative estimate of drug-likeness (QED) is 0.343. The normalized spacial score (nSPS) is 46.0. The number of allylic oxidation sites excluding steroid dienone is 5. The van der Waals surface area contributed by atoms with E-state index in [0.29, 0.717) is 24.7 Å². The second-order valence-corrected chi connectivity index (χ2v) is 12.9. The van der Waals surface area contributed by atoms with Gasteiger partial charge in [-0.15, -0.1) is 0 Å². The Labute approximate surface area is 210 Å². The molecular weight excluding hydrogens is 440 g/mol. The maximum Gasteiger partial charge on any atom is 0.312 e. The van der Waals surface area contributed by atoms with Gasteiger partial charge in [-0.05, 0) is 104 Å². The molecule has 2 saturated carbocycles. The SMILES string of the molecule is CC(C=O)=CCC[C@@H](C)[C@H]1C[C@H](O)[C@@]2(C)C3=CC[C@H]4C(C)(C(=O)O)[C@H](O)CC[C@]4(C)C3=CC[C@]12C. The van der Waals surface area contributed by atoms with Gasteiger partial charge in [0.1, 0.15) is 6.29 Å². The Hall–Kier alpha value is -1.72.